The smallest absolute Gasteiger partial charge is 0.236 e. The van der Waals surface area contributed by atoms with E-state index in [0.29, 0.717) is 13.1 Å². The summed E-state index contributed by atoms with van der Waals surface area (Å²) in [4.78, 5) is 13.7. The summed E-state index contributed by atoms with van der Waals surface area (Å²) in [7, 11) is 0. The van der Waals surface area contributed by atoms with E-state index >= 15 is 0 Å². The molecule has 0 unspecified atom stereocenters. The predicted octanol–water partition coefficient (Wildman–Crippen LogP) is 0.988. The van der Waals surface area contributed by atoms with E-state index in [1.165, 1.54) is 0 Å². The van der Waals surface area contributed by atoms with Crippen molar-refractivity contribution in [1.29, 1.82) is 0 Å². The monoisotopic (exact) mass is 258 g/mol. The third-order valence-electron chi connectivity index (χ3n) is 3.56. The Kier molecular flexibility index (Phi) is 3.21. The Hall–Kier alpha value is -1.88. The number of nitrogens with one attached hydrogen (secondary N) is 1. The van der Waals surface area contributed by atoms with Crippen molar-refractivity contribution in [3.8, 4) is 0 Å². The molecule has 5 nitrogen and oxygen atoms in total. The van der Waals surface area contributed by atoms with Gasteiger partial charge in [-0.3, -0.25) is 9.48 Å². The molecule has 1 fully saturated rings. The van der Waals surface area contributed by atoms with Crippen LogP contribution >= 0.6 is 0 Å². The summed E-state index contributed by atoms with van der Waals surface area (Å²) < 4.78 is 2.00. The summed E-state index contributed by atoms with van der Waals surface area (Å²) in [6.45, 7) is 5.58. The van der Waals surface area contributed by atoms with E-state index in [1.807, 2.05) is 21.7 Å². The van der Waals surface area contributed by atoms with Crippen LogP contribution in [0.3, 0.4) is 0 Å². The highest BCUT2D eigenvalue weighted by Gasteiger charge is 2.20. The number of amides is 1. The molecule has 1 amide bonds. The van der Waals surface area contributed by atoms with Gasteiger partial charge in [-0.25, -0.2) is 0 Å². The standard InChI is InChI=1S/C14H18N4O/c1-2-18-13-6-4-3-5-11(13)12(16-18)10-17-8-7-15-9-14(17)19/h3-6,15H,2,7-10H2,1H3. The molecule has 1 saturated heterocycles. The van der Waals surface area contributed by atoms with Gasteiger partial charge in [0.1, 0.15) is 0 Å². The van der Waals surface area contributed by atoms with Crippen LogP contribution in [0, 0.1) is 0 Å². The zero-order valence-corrected chi connectivity index (χ0v) is 11.1. The molecule has 1 aliphatic rings. The van der Waals surface area contributed by atoms with E-state index in [9.17, 15) is 4.79 Å². The third-order valence-corrected chi connectivity index (χ3v) is 3.56. The van der Waals surface area contributed by atoms with Gasteiger partial charge in [0.25, 0.3) is 0 Å². The number of fused-ring (bicyclic) bond motifs is 1. The summed E-state index contributed by atoms with van der Waals surface area (Å²) in [5.41, 5.74) is 2.13. The van der Waals surface area contributed by atoms with Crippen molar-refractivity contribution in [3.63, 3.8) is 0 Å². The lowest BCUT2D eigenvalue weighted by Gasteiger charge is -2.26. The van der Waals surface area contributed by atoms with Gasteiger partial charge in [0, 0.05) is 25.0 Å². The van der Waals surface area contributed by atoms with Crippen molar-refractivity contribution in [2.75, 3.05) is 19.6 Å². The molecule has 3 rings (SSSR count). The van der Waals surface area contributed by atoms with Gasteiger partial charge in [-0.1, -0.05) is 18.2 Å². The van der Waals surface area contributed by atoms with Gasteiger partial charge in [0.15, 0.2) is 0 Å². The predicted molar refractivity (Wildman–Crippen MR) is 73.7 cm³/mol. The number of nitrogens with zero attached hydrogens (tertiary/aromatic N) is 3. The number of para-hydroxylation sites is 1. The molecular weight excluding hydrogens is 240 g/mol. The van der Waals surface area contributed by atoms with Crippen molar-refractivity contribution >= 4 is 16.8 Å². The Bertz CT molecular complexity index is 605. The largest absolute Gasteiger partial charge is 0.334 e. The first-order chi connectivity index (χ1) is 9.29. The van der Waals surface area contributed by atoms with E-state index < -0.39 is 0 Å². The minimum atomic E-state index is 0.154. The van der Waals surface area contributed by atoms with Crippen molar-refractivity contribution in [1.82, 2.24) is 20.0 Å². The van der Waals surface area contributed by atoms with Crippen LogP contribution in [0.25, 0.3) is 10.9 Å². The van der Waals surface area contributed by atoms with Gasteiger partial charge in [0.2, 0.25) is 5.91 Å². The van der Waals surface area contributed by atoms with Gasteiger partial charge in [-0.05, 0) is 13.0 Å². The summed E-state index contributed by atoms with van der Waals surface area (Å²) in [5.74, 6) is 0.154. The van der Waals surface area contributed by atoms with Gasteiger partial charge in [-0.2, -0.15) is 5.10 Å². The molecule has 0 aliphatic carbocycles. The molecule has 1 aromatic heterocycles. The van der Waals surface area contributed by atoms with Crippen LogP contribution in [0.1, 0.15) is 12.6 Å². The number of hydrogen-bond acceptors (Lipinski definition) is 3. The second-order valence-corrected chi connectivity index (χ2v) is 4.77. The molecule has 2 aromatic rings. The molecule has 5 heteroatoms. The van der Waals surface area contributed by atoms with Crippen molar-refractivity contribution in [2.24, 2.45) is 0 Å². The van der Waals surface area contributed by atoms with Crippen molar-refractivity contribution in [2.45, 2.75) is 20.0 Å². The molecule has 0 spiro atoms. The lowest BCUT2D eigenvalue weighted by molar-refractivity contribution is -0.132. The Balaban J connectivity index is 1.94. The summed E-state index contributed by atoms with van der Waals surface area (Å²) >= 11 is 0. The number of carbonyl (C=O) groups excluding carboxylic acids is 1. The normalized spacial score (nSPS) is 16.3. The second-order valence-electron chi connectivity index (χ2n) is 4.77. The number of rotatable bonds is 3. The fraction of sp³-hybridized carbons (Fsp3) is 0.429. The quantitative estimate of drug-likeness (QED) is 0.893. The lowest BCUT2D eigenvalue weighted by Crippen LogP contribution is -2.47. The number of benzene rings is 1. The summed E-state index contributed by atoms with van der Waals surface area (Å²) in [5, 5.41) is 8.87. The summed E-state index contributed by atoms with van der Waals surface area (Å²) in [6.07, 6.45) is 0. The number of piperazine rings is 1. The van der Waals surface area contributed by atoms with Gasteiger partial charge in [-0.15, -0.1) is 0 Å². The Labute approximate surface area is 112 Å². The average Bonchev–Trinajstić information content (AvgIpc) is 2.80. The number of hydrogen-bond donors (Lipinski definition) is 1. The average molecular weight is 258 g/mol. The van der Waals surface area contributed by atoms with E-state index in [4.69, 9.17) is 0 Å². The molecule has 1 N–H and O–H groups in total. The fourth-order valence-corrected chi connectivity index (χ4v) is 2.55. The minimum Gasteiger partial charge on any atom is -0.334 e. The van der Waals surface area contributed by atoms with Crippen molar-refractivity contribution in [3.05, 3.63) is 30.0 Å². The lowest BCUT2D eigenvalue weighted by atomic mass is 10.2. The molecule has 0 atom stereocenters. The van der Waals surface area contributed by atoms with Gasteiger partial charge in [0.05, 0.1) is 24.3 Å². The molecule has 0 radical (unpaired) electrons. The van der Waals surface area contributed by atoms with Crippen LogP contribution < -0.4 is 5.32 Å². The highest BCUT2D eigenvalue weighted by Crippen LogP contribution is 2.20. The molecule has 2 heterocycles. The molecular formula is C14H18N4O. The maximum atomic E-state index is 11.8. The SMILES string of the molecule is CCn1nc(CN2CCNCC2=O)c2ccccc21. The number of carbonyl (C=O) groups is 1. The van der Waals surface area contributed by atoms with Crippen LogP contribution in [0.2, 0.25) is 0 Å². The van der Waals surface area contributed by atoms with Crippen LogP contribution in [-0.2, 0) is 17.9 Å². The van der Waals surface area contributed by atoms with E-state index in [2.05, 4.69) is 29.5 Å². The highest BCUT2D eigenvalue weighted by atomic mass is 16.2. The number of aromatic nitrogens is 2. The third kappa shape index (κ3) is 2.21. The zero-order valence-electron chi connectivity index (χ0n) is 11.1. The first kappa shape index (κ1) is 12.2. The van der Waals surface area contributed by atoms with Gasteiger partial charge >= 0.3 is 0 Å². The van der Waals surface area contributed by atoms with E-state index in [-0.39, 0.29) is 5.91 Å². The van der Waals surface area contributed by atoms with Crippen LogP contribution in [0.15, 0.2) is 24.3 Å². The van der Waals surface area contributed by atoms with Crippen LogP contribution in [0.5, 0.6) is 0 Å². The minimum absolute atomic E-state index is 0.154. The molecule has 0 saturated carbocycles. The van der Waals surface area contributed by atoms with Crippen molar-refractivity contribution < 1.29 is 4.79 Å². The fourth-order valence-electron chi connectivity index (χ4n) is 2.55. The molecule has 19 heavy (non-hydrogen) atoms. The topological polar surface area (TPSA) is 50.2 Å². The molecule has 1 aromatic carbocycles. The molecule has 100 valence electrons. The van der Waals surface area contributed by atoms with Gasteiger partial charge < -0.3 is 10.2 Å². The first-order valence-electron chi connectivity index (χ1n) is 6.72. The molecule has 1 aliphatic heterocycles. The van der Waals surface area contributed by atoms with Crippen LogP contribution in [-0.4, -0.2) is 40.2 Å². The number of aryl methyl sites for hydroxylation is 1. The second kappa shape index (κ2) is 5.01. The Morgan fingerprint density at radius 1 is 1.37 bits per heavy atom. The van der Waals surface area contributed by atoms with Crippen LogP contribution in [0.4, 0.5) is 0 Å². The Morgan fingerprint density at radius 3 is 3.00 bits per heavy atom. The maximum Gasteiger partial charge on any atom is 0.236 e. The maximum absolute atomic E-state index is 11.8. The van der Waals surface area contributed by atoms with E-state index in [0.717, 1.165) is 36.2 Å². The molecule has 0 bridgehead atoms. The van der Waals surface area contributed by atoms with E-state index in [1.54, 1.807) is 0 Å². The zero-order chi connectivity index (χ0) is 13.2. The summed E-state index contributed by atoms with van der Waals surface area (Å²) in [6, 6.07) is 8.20. The Morgan fingerprint density at radius 2 is 2.21 bits per heavy atom. The highest BCUT2D eigenvalue weighted by molar-refractivity contribution is 5.83. The first-order valence-corrected chi connectivity index (χ1v) is 6.72.